The highest BCUT2D eigenvalue weighted by molar-refractivity contribution is 7.91. The van der Waals surface area contributed by atoms with E-state index >= 15 is 0 Å². The summed E-state index contributed by atoms with van der Waals surface area (Å²) in [6.07, 6.45) is 0.853. The van der Waals surface area contributed by atoms with E-state index < -0.39 is 10.0 Å². The first-order valence-corrected chi connectivity index (χ1v) is 11.0. The van der Waals surface area contributed by atoms with Gasteiger partial charge in [0.05, 0.1) is 32.7 Å². The molecule has 0 aliphatic carbocycles. The minimum atomic E-state index is -3.42. The van der Waals surface area contributed by atoms with Crippen LogP contribution < -0.4 is 10.2 Å². The fourth-order valence-electron chi connectivity index (χ4n) is 2.73. The van der Waals surface area contributed by atoms with Gasteiger partial charge in [-0.3, -0.25) is 9.59 Å². The van der Waals surface area contributed by atoms with Crippen LogP contribution in [-0.2, 0) is 19.6 Å². The number of nitrogens with zero attached hydrogens (tertiary/aromatic N) is 2. The number of rotatable bonds is 8. The molecule has 146 valence electrons. The zero-order valence-corrected chi connectivity index (χ0v) is 16.9. The molecule has 0 bridgehead atoms. The predicted molar refractivity (Wildman–Crippen MR) is 99.6 cm³/mol. The van der Waals surface area contributed by atoms with E-state index in [0.29, 0.717) is 36.9 Å². The van der Waals surface area contributed by atoms with Gasteiger partial charge in [0.25, 0.3) is 15.9 Å². The number of hydrogen-bond acceptors (Lipinski definition) is 5. The van der Waals surface area contributed by atoms with Crippen LogP contribution in [0.15, 0.2) is 21.7 Å². The Morgan fingerprint density at radius 2 is 2.04 bits per heavy atom. The largest absolute Gasteiger partial charge is 0.355 e. The summed E-state index contributed by atoms with van der Waals surface area (Å²) in [6.45, 7) is 4.82. The third-order valence-electron chi connectivity index (χ3n) is 4.30. The van der Waals surface area contributed by atoms with Crippen LogP contribution in [0, 0.1) is 0 Å². The quantitative estimate of drug-likeness (QED) is 0.560. The van der Waals surface area contributed by atoms with Gasteiger partial charge in [-0.05, 0) is 17.9 Å². The molecule has 0 saturated carbocycles. The number of carbonyl (C=O) groups is 2. The second kappa shape index (κ2) is 9.45. The summed E-state index contributed by atoms with van der Waals surface area (Å²) in [4.78, 5) is 26.4. The summed E-state index contributed by atoms with van der Waals surface area (Å²) < 4.78 is 26.8. The van der Waals surface area contributed by atoms with Crippen LogP contribution in [0.25, 0.3) is 0 Å². The summed E-state index contributed by atoms with van der Waals surface area (Å²) in [5, 5.41) is 4.50. The second-order valence-electron chi connectivity index (χ2n) is 6.36. The van der Waals surface area contributed by atoms with Crippen molar-refractivity contribution in [2.75, 3.05) is 52.9 Å². The molecule has 1 aromatic rings. The molecule has 0 atom stereocenters. The maximum absolute atomic E-state index is 12.5. The van der Waals surface area contributed by atoms with Gasteiger partial charge in [0.2, 0.25) is 5.91 Å². The first-order valence-electron chi connectivity index (χ1n) is 8.72. The highest BCUT2D eigenvalue weighted by Gasteiger charge is 2.32. The Labute approximate surface area is 158 Å². The first kappa shape index (κ1) is 20.8. The molecular formula is C16H27N4O4S2+. The van der Waals surface area contributed by atoms with Gasteiger partial charge in [0.1, 0.15) is 4.21 Å². The lowest BCUT2D eigenvalue weighted by Crippen LogP contribution is -3.15. The number of quaternary nitrogens is 1. The lowest BCUT2D eigenvalue weighted by molar-refractivity contribution is -0.895. The number of hydrogen-bond donors (Lipinski definition) is 2. The van der Waals surface area contributed by atoms with Crippen molar-refractivity contribution in [2.24, 2.45) is 0 Å². The molecule has 1 aromatic heterocycles. The maximum atomic E-state index is 12.5. The molecule has 0 radical (unpaired) electrons. The highest BCUT2D eigenvalue weighted by atomic mass is 32.2. The van der Waals surface area contributed by atoms with Crippen LogP contribution in [0.4, 0.5) is 0 Å². The zero-order chi connectivity index (χ0) is 19.2. The molecule has 1 saturated heterocycles. The van der Waals surface area contributed by atoms with Crippen molar-refractivity contribution in [2.45, 2.75) is 17.6 Å². The molecule has 1 fully saturated rings. The monoisotopic (exact) mass is 403 g/mol. The van der Waals surface area contributed by atoms with Gasteiger partial charge in [-0.15, -0.1) is 11.3 Å². The predicted octanol–water partition coefficient (Wildman–Crippen LogP) is -1.38. The number of sulfonamides is 1. The molecule has 2 amide bonds. The Morgan fingerprint density at radius 1 is 1.35 bits per heavy atom. The normalized spacial score (nSPS) is 16.4. The van der Waals surface area contributed by atoms with Crippen molar-refractivity contribution in [3.8, 4) is 0 Å². The van der Waals surface area contributed by atoms with E-state index in [9.17, 15) is 18.0 Å². The number of likely N-dealkylation sites (N-methyl/N-ethyl adjacent to an activating group) is 1. The van der Waals surface area contributed by atoms with Gasteiger partial charge in [-0.1, -0.05) is 13.0 Å². The van der Waals surface area contributed by atoms with Crippen molar-refractivity contribution in [3.63, 3.8) is 0 Å². The second-order valence-corrected chi connectivity index (χ2v) is 9.48. The Hall–Kier alpha value is -1.49. The minimum Gasteiger partial charge on any atom is -0.355 e. The maximum Gasteiger partial charge on any atom is 0.277 e. The molecule has 1 aliphatic rings. The van der Waals surface area contributed by atoms with Gasteiger partial charge in [-0.2, -0.15) is 4.31 Å². The average molecular weight is 404 g/mol. The molecule has 26 heavy (non-hydrogen) atoms. The number of nitrogens with one attached hydrogen (secondary N) is 2. The van der Waals surface area contributed by atoms with Gasteiger partial charge in [-0.25, -0.2) is 8.42 Å². The molecule has 2 heterocycles. The summed E-state index contributed by atoms with van der Waals surface area (Å²) in [5.41, 5.74) is 0. The fraction of sp³-hybridized carbons (Fsp3) is 0.625. The highest BCUT2D eigenvalue weighted by Crippen LogP contribution is 2.20. The van der Waals surface area contributed by atoms with Gasteiger partial charge >= 0.3 is 0 Å². The molecule has 0 unspecified atom stereocenters. The van der Waals surface area contributed by atoms with Crippen molar-refractivity contribution in [1.29, 1.82) is 0 Å². The van der Waals surface area contributed by atoms with Gasteiger partial charge in [0, 0.05) is 13.6 Å². The third-order valence-corrected chi connectivity index (χ3v) is 7.57. The summed E-state index contributed by atoms with van der Waals surface area (Å²) in [5.74, 6) is -0.272. The van der Waals surface area contributed by atoms with Gasteiger partial charge < -0.3 is 15.1 Å². The summed E-state index contributed by atoms with van der Waals surface area (Å²) in [6, 6.07) is 3.34. The van der Waals surface area contributed by atoms with Crippen molar-refractivity contribution in [1.82, 2.24) is 14.5 Å². The number of amides is 2. The Bertz CT molecular complexity index is 698. The lowest BCUT2D eigenvalue weighted by atomic mass is 10.3. The minimum absolute atomic E-state index is 0.0466. The van der Waals surface area contributed by atoms with E-state index in [1.54, 1.807) is 24.6 Å². The first-order chi connectivity index (χ1) is 12.3. The molecule has 0 aromatic carbocycles. The van der Waals surface area contributed by atoms with E-state index in [1.165, 1.54) is 20.5 Å². The summed E-state index contributed by atoms with van der Waals surface area (Å²) in [7, 11) is -1.81. The SMILES string of the molecule is CCCNC(=O)CN(C)C(=O)C[NH+]1CCN(S(=O)(=O)c2cccs2)CC1. The van der Waals surface area contributed by atoms with Crippen LogP contribution in [0.1, 0.15) is 13.3 Å². The Kier molecular flexibility index (Phi) is 7.56. The fourth-order valence-corrected chi connectivity index (χ4v) is 5.32. The molecule has 1 aliphatic heterocycles. The smallest absolute Gasteiger partial charge is 0.277 e. The van der Waals surface area contributed by atoms with Crippen LogP contribution >= 0.6 is 11.3 Å². The number of carbonyl (C=O) groups excluding carboxylic acids is 2. The average Bonchev–Trinajstić information content (AvgIpc) is 3.16. The summed E-state index contributed by atoms with van der Waals surface area (Å²) >= 11 is 1.21. The standard InChI is InChI=1S/C16H26N4O4S2/c1-3-6-17-14(21)12-18(2)15(22)13-19-7-9-20(10-8-19)26(23,24)16-5-4-11-25-16/h4-5,11H,3,6-10,12-13H2,1-2H3,(H,17,21)/p+1. The van der Waals surface area contributed by atoms with Crippen LogP contribution in [-0.4, -0.2) is 82.3 Å². The van der Waals surface area contributed by atoms with Crippen molar-refractivity contribution in [3.05, 3.63) is 17.5 Å². The zero-order valence-electron chi connectivity index (χ0n) is 15.2. The third kappa shape index (κ3) is 5.50. The van der Waals surface area contributed by atoms with Crippen LogP contribution in [0.5, 0.6) is 0 Å². The van der Waals surface area contributed by atoms with E-state index in [-0.39, 0.29) is 24.9 Å². The molecule has 2 N–H and O–H groups in total. The van der Waals surface area contributed by atoms with E-state index in [0.717, 1.165) is 11.3 Å². The van der Waals surface area contributed by atoms with E-state index in [2.05, 4.69) is 5.32 Å². The molecule has 10 heteroatoms. The van der Waals surface area contributed by atoms with Crippen LogP contribution in [0.3, 0.4) is 0 Å². The Morgan fingerprint density at radius 3 is 2.62 bits per heavy atom. The van der Waals surface area contributed by atoms with Gasteiger partial charge in [0.15, 0.2) is 6.54 Å². The molecular weight excluding hydrogens is 376 g/mol. The number of piperazine rings is 1. The van der Waals surface area contributed by atoms with Crippen molar-refractivity contribution < 1.29 is 22.9 Å². The topological polar surface area (TPSA) is 91.2 Å². The lowest BCUT2D eigenvalue weighted by Gasteiger charge is -2.31. The molecule has 0 spiro atoms. The number of thiophene rings is 1. The Balaban J connectivity index is 1.79. The van der Waals surface area contributed by atoms with E-state index in [4.69, 9.17) is 0 Å². The molecule has 2 rings (SSSR count). The van der Waals surface area contributed by atoms with Crippen LogP contribution in [0.2, 0.25) is 0 Å². The van der Waals surface area contributed by atoms with E-state index in [1.807, 2.05) is 6.92 Å². The molecule has 8 nitrogen and oxygen atoms in total. The van der Waals surface area contributed by atoms with Crippen molar-refractivity contribution >= 4 is 33.2 Å².